The molecule has 0 N–H and O–H groups in total. The van der Waals surface area contributed by atoms with E-state index in [0.29, 0.717) is 23.5 Å². The van der Waals surface area contributed by atoms with Crippen LogP contribution < -0.4 is 4.74 Å². The predicted octanol–water partition coefficient (Wildman–Crippen LogP) is 6.83. The first-order valence-electron chi connectivity index (χ1n) is 12.4. The van der Waals surface area contributed by atoms with Crippen LogP contribution in [0.1, 0.15) is 93.2 Å². The standard InChI is InChI=1S/C24H45N3O5PS/c1-10-11-12-13-17-29-22-21(25-34-26-22)20-15-14-16-27(9,18-20)19(2)30-33(28,31-23(3,4)5)32-24(6,7)8/h15,19H,10-14,16-18H2,1-9H3/q+1/t19-,27?/m1/s1. The van der Waals surface area contributed by atoms with Gasteiger partial charge in [-0.15, -0.1) is 4.37 Å². The molecule has 0 bridgehead atoms. The summed E-state index contributed by atoms with van der Waals surface area (Å²) in [4.78, 5) is 0. The third-order valence-corrected chi connectivity index (χ3v) is 8.11. The normalized spacial score (nSPS) is 20.8. The second kappa shape index (κ2) is 11.9. The van der Waals surface area contributed by atoms with Gasteiger partial charge in [-0.25, -0.2) is 9.09 Å². The Morgan fingerprint density at radius 2 is 1.74 bits per heavy atom. The molecule has 0 radical (unpaired) electrons. The minimum atomic E-state index is -3.83. The van der Waals surface area contributed by atoms with Gasteiger partial charge in [0, 0.05) is 18.9 Å². The van der Waals surface area contributed by atoms with E-state index in [4.69, 9.17) is 18.3 Å². The highest BCUT2D eigenvalue weighted by Crippen LogP contribution is 2.57. The highest BCUT2D eigenvalue weighted by Gasteiger charge is 2.44. The molecule has 196 valence electrons. The Morgan fingerprint density at radius 1 is 1.09 bits per heavy atom. The second-order valence-electron chi connectivity index (χ2n) is 11.3. The molecular weight excluding hydrogens is 473 g/mol. The van der Waals surface area contributed by atoms with Crippen molar-refractivity contribution in [2.45, 2.75) is 105 Å². The topological polar surface area (TPSA) is 79.8 Å². The van der Waals surface area contributed by atoms with Gasteiger partial charge >= 0.3 is 7.82 Å². The lowest BCUT2D eigenvalue weighted by atomic mass is 10.0. The van der Waals surface area contributed by atoms with E-state index >= 15 is 0 Å². The molecule has 1 aromatic rings. The number of ether oxygens (including phenoxy) is 1. The Hall–Kier alpha value is -0.830. The number of hydrogen-bond acceptors (Lipinski definition) is 8. The van der Waals surface area contributed by atoms with Crippen molar-refractivity contribution in [1.82, 2.24) is 8.75 Å². The predicted molar refractivity (Wildman–Crippen MR) is 138 cm³/mol. The van der Waals surface area contributed by atoms with Crippen LogP contribution in [0.25, 0.3) is 5.57 Å². The van der Waals surface area contributed by atoms with E-state index in [1.165, 1.54) is 24.6 Å². The van der Waals surface area contributed by atoms with Crippen molar-refractivity contribution in [2.24, 2.45) is 0 Å². The van der Waals surface area contributed by atoms with E-state index < -0.39 is 25.3 Å². The zero-order chi connectivity index (χ0) is 25.6. The maximum absolute atomic E-state index is 13.7. The molecule has 0 saturated heterocycles. The fourth-order valence-electron chi connectivity index (χ4n) is 3.75. The van der Waals surface area contributed by atoms with E-state index in [0.717, 1.165) is 37.1 Å². The lowest BCUT2D eigenvalue weighted by Crippen LogP contribution is -2.54. The molecule has 0 saturated carbocycles. The van der Waals surface area contributed by atoms with Crippen molar-refractivity contribution in [3.63, 3.8) is 0 Å². The fraction of sp³-hybridized carbons (Fsp3) is 0.833. The molecule has 10 heteroatoms. The molecule has 0 fully saturated rings. The van der Waals surface area contributed by atoms with Crippen LogP contribution in [-0.4, -0.2) is 57.4 Å². The van der Waals surface area contributed by atoms with Crippen molar-refractivity contribution >= 4 is 25.1 Å². The molecule has 1 aliphatic heterocycles. The van der Waals surface area contributed by atoms with E-state index in [-0.39, 0.29) is 0 Å². The summed E-state index contributed by atoms with van der Waals surface area (Å²) in [6.07, 6.45) is 7.20. The third-order valence-electron chi connectivity index (χ3n) is 5.49. The molecular formula is C24H45N3O5PS+. The van der Waals surface area contributed by atoms with Gasteiger partial charge in [-0.3, -0.25) is 13.5 Å². The molecule has 0 aliphatic carbocycles. The van der Waals surface area contributed by atoms with Gasteiger partial charge in [0.2, 0.25) is 6.23 Å². The second-order valence-corrected chi connectivity index (χ2v) is 13.3. The quantitative estimate of drug-likeness (QED) is 0.170. The van der Waals surface area contributed by atoms with Gasteiger partial charge in [-0.05, 0) is 48.0 Å². The van der Waals surface area contributed by atoms with Gasteiger partial charge in [0.1, 0.15) is 12.2 Å². The monoisotopic (exact) mass is 518 g/mol. The molecule has 1 aromatic heterocycles. The molecule has 1 unspecified atom stereocenters. The Balaban J connectivity index is 2.13. The van der Waals surface area contributed by atoms with Crippen LogP contribution in [0.2, 0.25) is 0 Å². The number of phosphoric acid groups is 1. The van der Waals surface area contributed by atoms with Crippen molar-refractivity contribution in [3.8, 4) is 5.88 Å². The maximum Gasteiger partial charge on any atom is 0.480 e. The van der Waals surface area contributed by atoms with Gasteiger partial charge in [0.15, 0.2) is 0 Å². The number of quaternary nitrogens is 1. The number of phosphoric ester groups is 1. The SMILES string of the molecule is CCCCCCOc1nsnc1C1=CCC[N+](C)([C@@H](C)OP(=O)(OC(C)(C)C)OC(C)(C)C)C1. The van der Waals surface area contributed by atoms with Crippen LogP contribution in [0.15, 0.2) is 6.08 Å². The number of hydrogen-bond donors (Lipinski definition) is 0. The number of likely N-dealkylation sites (N-methyl/N-ethyl adjacent to an activating group) is 1. The molecule has 0 spiro atoms. The Labute approximate surface area is 210 Å². The first-order valence-corrected chi connectivity index (χ1v) is 14.5. The molecule has 0 aromatic carbocycles. The van der Waals surface area contributed by atoms with Crippen molar-refractivity contribution in [1.29, 1.82) is 0 Å². The van der Waals surface area contributed by atoms with E-state index in [1.807, 2.05) is 48.5 Å². The highest BCUT2D eigenvalue weighted by molar-refractivity contribution is 7.48. The average Bonchev–Trinajstić information content (AvgIpc) is 3.13. The van der Waals surface area contributed by atoms with Gasteiger partial charge < -0.3 is 4.74 Å². The zero-order valence-corrected chi connectivity index (χ0v) is 24.3. The first kappa shape index (κ1) is 29.4. The number of rotatable bonds is 12. The summed E-state index contributed by atoms with van der Waals surface area (Å²) in [7, 11) is -1.73. The summed E-state index contributed by atoms with van der Waals surface area (Å²) in [6, 6.07) is 0. The smallest absolute Gasteiger partial charge is 0.475 e. The minimum absolute atomic E-state index is 0.427. The van der Waals surface area contributed by atoms with E-state index in [9.17, 15) is 4.57 Å². The molecule has 2 rings (SSSR count). The van der Waals surface area contributed by atoms with Crippen LogP contribution in [0.5, 0.6) is 5.88 Å². The summed E-state index contributed by atoms with van der Waals surface area (Å²) < 4.78 is 46.9. The first-order chi connectivity index (χ1) is 15.7. The highest BCUT2D eigenvalue weighted by atomic mass is 32.1. The zero-order valence-electron chi connectivity index (χ0n) is 22.5. The van der Waals surface area contributed by atoms with Crippen LogP contribution in [0, 0.1) is 0 Å². The Bertz CT molecular complexity index is 842. The minimum Gasteiger partial charge on any atom is -0.475 e. The van der Waals surface area contributed by atoms with Crippen molar-refractivity contribution < 1.29 is 27.4 Å². The van der Waals surface area contributed by atoms with Crippen LogP contribution in [0.3, 0.4) is 0 Å². The van der Waals surface area contributed by atoms with Gasteiger partial charge in [-0.1, -0.05) is 32.3 Å². The van der Waals surface area contributed by atoms with Crippen LogP contribution in [-0.2, 0) is 18.1 Å². The number of aromatic nitrogens is 2. The van der Waals surface area contributed by atoms with Gasteiger partial charge in [0.05, 0.1) is 43.1 Å². The Kier molecular flexibility index (Phi) is 10.3. The summed E-state index contributed by atoms with van der Waals surface area (Å²) in [5, 5.41) is 0. The molecule has 0 amide bonds. The number of unbranched alkanes of at least 4 members (excludes halogenated alkanes) is 3. The fourth-order valence-corrected chi connectivity index (χ4v) is 6.35. The molecule has 2 atom stereocenters. The largest absolute Gasteiger partial charge is 0.480 e. The van der Waals surface area contributed by atoms with Crippen LogP contribution in [0.4, 0.5) is 0 Å². The molecule has 34 heavy (non-hydrogen) atoms. The summed E-state index contributed by atoms with van der Waals surface area (Å²) in [5.74, 6) is 0.604. The molecule has 8 nitrogen and oxygen atoms in total. The van der Waals surface area contributed by atoms with Crippen LogP contribution >= 0.6 is 19.6 Å². The average molecular weight is 519 g/mol. The molecule has 1 aliphatic rings. The summed E-state index contributed by atoms with van der Waals surface area (Å²) in [5.41, 5.74) is 0.519. The van der Waals surface area contributed by atoms with E-state index in [1.54, 1.807) is 0 Å². The van der Waals surface area contributed by atoms with Gasteiger partial charge in [0.25, 0.3) is 5.88 Å². The third kappa shape index (κ3) is 9.32. The lowest BCUT2D eigenvalue weighted by Gasteiger charge is -2.43. The summed E-state index contributed by atoms with van der Waals surface area (Å²) >= 11 is 1.17. The van der Waals surface area contributed by atoms with Crippen molar-refractivity contribution in [3.05, 3.63) is 11.8 Å². The number of nitrogens with zero attached hydrogens (tertiary/aromatic N) is 3. The van der Waals surface area contributed by atoms with Gasteiger partial charge in [-0.2, -0.15) is 4.37 Å². The van der Waals surface area contributed by atoms with E-state index in [2.05, 4.69) is 28.8 Å². The molecule has 2 heterocycles. The van der Waals surface area contributed by atoms with Crippen molar-refractivity contribution in [2.75, 3.05) is 26.7 Å². The Morgan fingerprint density at radius 3 is 2.32 bits per heavy atom. The summed E-state index contributed by atoms with van der Waals surface area (Å²) in [6.45, 7) is 17.3. The maximum atomic E-state index is 13.7. The lowest BCUT2D eigenvalue weighted by molar-refractivity contribution is -0.943.